The number of nitrogens with one attached hydrogen (secondary N) is 3. The third-order valence-electron chi connectivity index (χ3n) is 1.32. The van der Waals surface area contributed by atoms with E-state index in [1.165, 1.54) is 11.9 Å². The Morgan fingerprint density at radius 2 is 1.69 bits per heavy atom. The van der Waals surface area contributed by atoms with E-state index in [0.29, 0.717) is 13.1 Å². The van der Waals surface area contributed by atoms with Crippen LogP contribution in [0.4, 0.5) is 9.59 Å². The Labute approximate surface area is 77.7 Å². The summed E-state index contributed by atoms with van der Waals surface area (Å²) >= 11 is 0. The molecule has 0 saturated carbocycles. The molecule has 0 unspecified atom stereocenters. The minimum absolute atomic E-state index is 0.168. The van der Waals surface area contributed by atoms with Crippen LogP contribution in [0.2, 0.25) is 0 Å². The maximum absolute atomic E-state index is 10.9. The Morgan fingerprint density at radius 1 is 1.15 bits per heavy atom. The van der Waals surface area contributed by atoms with Crippen LogP contribution in [-0.4, -0.2) is 51.2 Å². The Balaban J connectivity index is 3.36. The molecule has 3 N–H and O–H groups in total. The van der Waals surface area contributed by atoms with Crippen LogP contribution in [0, 0.1) is 0 Å². The second kappa shape index (κ2) is 6.10. The molecule has 0 aromatic rings. The molecule has 0 heterocycles. The Bertz CT molecular complexity index is 181. The quantitative estimate of drug-likeness (QED) is 0.507. The van der Waals surface area contributed by atoms with Gasteiger partial charge in [0, 0.05) is 34.2 Å². The summed E-state index contributed by atoms with van der Waals surface area (Å²) in [6.45, 7) is 0.837. The van der Waals surface area contributed by atoms with Crippen LogP contribution in [0.1, 0.15) is 0 Å². The van der Waals surface area contributed by atoms with Gasteiger partial charge >= 0.3 is 12.1 Å². The number of hydrogen-bond acceptors (Lipinski definition) is 2. The molecule has 4 amide bonds. The van der Waals surface area contributed by atoms with Crippen LogP contribution in [-0.2, 0) is 0 Å². The summed E-state index contributed by atoms with van der Waals surface area (Å²) in [5.41, 5.74) is 0. The van der Waals surface area contributed by atoms with Gasteiger partial charge in [-0.2, -0.15) is 0 Å². The zero-order valence-electron chi connectivity index (χ0n) is 8.18. The number of carbonyl (C=O) groups is 2. The molecule has 76 valence electrons. The molecule has 0 radical (unpaired) electrons. The van der Waals surface area contributed by atoms with E-state index in [9.17, 15) is 9.59 Å². The monoisotopic (exact) mass is 188 g/mol. The van der Waals surface area contributed by atoms with Crippen molar-refractivity contribution in [3.8, 4) is 0 Å². The highest BCUT2D eigenvalue weighted by Crippen LogP contribution is 1.74. The summed E-state index contributed by atoms with van der Waals surface area (Å²) in [5, 5.41) is 7.55. The molecular formula is C7H16N4O2. The van der Waals surface area contributed by atoms with Crippen molar-refractivity contribution in [3.05, 3.63) is 0 Å². The Morgan fingerprint density at radius 3 is 2.15 bits per heavy atom. The molecular weight excluding hydrogens is 172 g/mol. The number of nitrogens with zero attached hydrogens (tertiary/aromatic N) is 1. The summed E-state index contributed by atoms with van der Waals surface area (Å²) in [5.74, 6) is 0. The van der Waals surface area contributed by atoms with Gasteiger partial charge in [-0.25, -0.2) is 9.59 Å². The summed E-state index contributed by atoms with van der Waals surface area (Å²) in [6.07, 6.45) is 0. The average molecular weight is 188 g/mol. The minimum Gasteiger partial charge on any atom is -0.341 e. The molecule has 6 heteroatoms. The van der Waals surface area contributed by atoms with Gasteiger partial charge in [0.2, 0.25) is 0 Å². The van der Waals surface area contributed by atoms with Crippen LogP contribution >= 0.6 is 0 Å². The van der Waals surface area contributed by atoms with E-state index in [0.717, 1.165) is 0 Å². The first kappa shape index (κ1) is 11.5. The molecule has 0 rings (SSSR count). The van der Waals surface area contributed by atoms with Crippen LogP contribution in [0.15, 0.2) is 0 Å². The van der Waals surface area contributed by atoms with Crippen molar-refractivity contribution >= 4 is 12.1 Å². The van der Waals surface area contributed by atoms with Gasteiger partial charge in [-0.05, 0) is 0 Å². The molecule has 13 heavy (non-hydrogen) atoms. The zero-order chi connectivity index (χ0) is 10.3. The van der Waals surface area contributed by atoms with Gasteiger partial charge in [0.05, 0.1) is 0 Å². The highest BCUT2D eigenvalue weighted by atomic mass is 16.2. The fourth-order valence-corrected chi connectivity index (χ4v) is 0.592. The predicted molar refractivity (Wildman–Crippen MR) is 49.5 cm³/mol. The Kier molecular flexibility index (Phi) is 5.42. The van der Waals surface area contributed by atoms with Gasteiger partial charge in [-0.3, -0.25) is 0 Å². The van der Waals surface area contributed by atoms with Crippen molar-refractivity contribution in [1.29, 1.82) is 0 Å². The summed E-state index contributed by atoms with van der Waals surface area (Å²) in [6, 6.07) is -0.419. The number of urea groups is 2. The summed E-state index contributed by atoms with van der Waals surface area (Å²) in [7, 11) is 4.84. The SMILES string of the molecule is CNC(=O)NCCNC(=O)N(C)C. The fraction of sp³-hybridized carbons (Fsp3) is 0.714. The van der Waals surface area contributed by atoms with Crippen molar-refractivity contribution < 1.29 is 9.59 Å². The molecule has 0 saturated heterocycles. The molecule has 0 fully saturated rings. The molecule has 0 aromatic heterocycles. The Hall–Kier alpha value is -1.46. The van der Waals surface area contributed by atoms with Gasteiger partial charge in [0.1, 0.15) is 0 Å². The molecule has 0 aliphatic heterocycles. The van der Waals surface area contributed by atoms with E-state index < -0.39 is 0 Å². The topological polar surface area (TPSA) is 73.5 Å². The molecule has 0 aliphatic carbocycles. The van der Waals surface area contributed by atoms with Crippen molar-refractivity contribution in [3.63, 3.8) is 0 Å². The predicted octanol–water partition coefficient (Wildman–Crippen LogP) is -0.813. The smallest absolute Gasteiger partial charge is 0.316 e. The second-order valence-corrected chi connectivity index (χ2v) is 2.63. The lowest BCUT2D eigenvalue weighted by Gasteiger charge is -2.11. The van der Waals surface area contributed by atoms with Crippen LogP contribution < -0.4 is 16.0 Å². The minimum atomic E-state index is -0.251. The van der Waals surface area contributed by atoms with Crippen molar-refractivity contribution in [1.82, 2.24) is 20.9 Å². The van der Waals surface area contributed by atoms with E-state index >= 15 is 0 Å². The summed E-state index contributed by atoms with van der Waals surface area (Å²) < 4.78 is 0. The third-order valence-corrected chi connectivity index (χ3v) is 1.32. The van der Waals surface area contributed by atoms with Gasteiger partial charge < -0.3 is 20.9 Å². The van der Waals surface area contributed by atoms with E-state index in [-0.39, 0.29) is 12.1 Å². The number of amides is 4. The first-order valence-corrected chi connectivity index (χ1v) is 3.98. The fourth-order valence-electron chi connectivity index (χ4n) is 0.592. The number of rotatable bonds is 3. The second-order valence-electron chi connectivity index (χ2n) is 2.63. The van der Waals surface area contributed by atoms with Crippen LogP contribution in [0.5, 0.6) is 0 Å². The standard InChI is InChI=1S/C7H16N4O2/c1-8-6(12)9-4-5-10-7(13)11(2)3/h4-5H2,1-3H3,(H,10,13)(H2,8,9,12). The highest BCUT2D eigenvalue weighted by Gasteiger charge is 2.01. The van der Waals surface area contributed by atoms with E-state index in [1.54, 1.807) is 14.1 Å². The van der Waals surface area contributed by atoms with Gasteiger partial charge in [-0.15, -0.1) is 0 Å². The normalized spacial score (nSPS) is 8.85. The van der Waals surface area contributed by atoms with Crippen molar-refractivity contribution in [2.45, 2.75) is 0 Å². The molecule has 0 spiro atoms. The summed E-state index contributed by atoms with van der Waals surface area (Å²) in [4.78, 5) is 23.0. The van der Waals surface area contributed by atoms with Gasteiger partial charge in [-0.1, -0.05) is 0 Å². The molecule has 0 atom stereocenters. The largest absolute Gasteiger partial charge is 0.341 e. The van der Waals surface area contributed by atoms with E-state index in [1.807, 2.05) is 0 Å². The first-order valence-electron chi connectivity index (χ1n) is 3.98. The van der Waals surface area contributed by atoms with Gasteiger partial charge in [0.25, 0.3) is 0 Å². The van der Waals surface area contributed by atoms with E-state index in [2.05, 4.69) is 16.0 Å². The third kappa shape index (κ3) is 5.77. The van der Waals surface area contributed by atoms with E-state index in [4.69, 9.17) is 0 Å². The lowest BCUT2D eigenvalue weighted by Crippen LogP contribution is -2.41. The molecule has 6 nitrogen and oxygen atoms in total. The number of carbonyl (C=O) groups excluding carboxylic acids is 2. The maximum Gasteiger partial charge on any atom is 0.316 e. The lowest BCUT2D eigenvalue weighted by molar-refractivity contribution is 0.217. The van der Waals surface area contributed by atoms with Crippen molar-refractivity contribution in [2.75, 3.05) is 34.2 Å². The molecule has 0 bridgehead atoms. The lowest BCUT2D eigenvalue weighted by atomic mass is 10.6. The maximum atomic E-state index is 10.9. The molecule has 0 aromatic carbocycles. The van der Waals surface area contributed by atoms with Crippen molar-refractivity contribution in [2.24, 2.45) is 0 Å². The van der Waals surface area contributed by atoms with Crippen LogP contribution in [0.25, 0.3) is 0 Å². The van der Waals surface area contributed by atoms with Crippen LogP contribution in [0.3, 0.4) is 0 Å². The average Bonchev–Trinajstić information content (AvgIpc) is 2.11. The first-order chi connectivity index (χ1) is 6.07. The number of hydrogen-bond donors (Lipinski definition) is 3. The highest BCUT2D eigenvalue weighted by molar-refractivity contribution is 5.74. The van der Waals surface area contributed by atoms with Gasteiger partial charge in [0.15, 0.2) is 0 Å². The molecule has 0 aliphatic rings. The zero-order valence-corrected chi connectivity index (χ0v) is 8.18.